The zero-order valence-electron chi connectivity index (χ0n) is 18.9. The summed E-state index contributed by atoms with van der Waals surface area (Å²) >= 11 is 6.03. The number of methoxy groups -OCH3 is 3. The summed E-state index contributed by atoms with van der Waals surface area (Å²) in [6.45, 7) is 0. The smallest absolute Gasteiger partial charge is 0.245 e. The van der Waals surface area contributed by atoms with Crippen LogP contribution in [0.25, 0.3) is 0 Å². The number of carbonyl (C=O) groups excluding carboxylic acids is 1. The molecule has 10 heteroatoms. The zero-order valence-corrected chi connectivity index (χ0v) is 20.4. The van der Waals surface area contributed by atoms with E-state index < -0.39 is 22.0 Å². The number of carbonyl (C=O) groups is 1. The quantitative estimate of drug-likeness (QED) is 0.434. The van der Waals surface area contributed by atoms with Crippen LogP contribution in [-0.4, -0.2) is 41.7 Å². The fourth-order valence-electron chi connectivity index (χ4n) is 3.28. The summed E-state index contributed by atoms with van der Waals surface area (Å²) in [6.07, 6.45) is 0.0983. The molecule has 0 aromatic heterocycles. The molecule has 180 valence electrons. The van der Waals surface area contributed by atoms with Crippen molar-refractivity contribution in [3.05, 3.63) is 77.3 Å². The van der Waals surface area contributed by atoms with Crippen molar-refractivity contribution in [1.29, 1.82) is 0 Å². The maximum absolute atomic E-state index is 13.3. The van der Waals surface area contributed by atoms with Crippen LogP contribution >= 0.6 is 11.6 Å². The summed E-state index contributed by atoms with van der Waals surface area (Å²) in [7, 11) is 0.129. The van der Waals surface area contributed by atoms with Gasteiger partial charge in [-0.25, -0.2) is 8.42 Å². The largest absolute Gasteiger partial charge is 0.497 e. The molecule has 3 aromatic carbocycles. The number of benzene rings is 3. The third-order valence-corrected chi connectivity index (χ3v) is 6.70. The first kappa shape index (κ1) is 25.4. The van der Waals surface area contributed by atoms with E-state index in [1.807, 2.05) is 18.2 Å². The van der Waals surface area contributed by atoms with E-state index >= 15 is 0 Å². The first-order valence-electron chi connectivity index (χ1n) is 10.2. The molecule has 0 radical (unpaired) electrons. The molecule has 0 saturated carbocycles. The van der Waals surface area contributed by atoms with Crippen LogP contribution in [0.3, 0.4) is 0 Å². The van der Waals surface area contributed by atoms with Gasteiger partial charge in [0.2, 0.25) is 15.9 Å². The maximum Gasteiger partial charge on any atom is 0.245 e. The van der Waals surface area contributed by atoms with Gasteiger partial charge >= 0.3 is 0 Å². The molecule has 3 aromatic rings. The van der Waals surface area contributed by atoms with Gasteiger partial charge in [-0.1, -0.05) is 41.9 Å². The molecule has 1 atom stereocenters. The van der Waals surface area contributed by atoms with Crippen LogP contribution in [0, 0.1) is 0 Å². The summed E-state index contributed by atoms with van der Waals surface area (Å²) < 4.78 is 44.8. The van der Waals surface area contributed by atoms with Crippen molar-refractivity contribution >= 4 is 33.2 Å². The van der Waals surface area contributed by atoms with Crippen LogP contribution < -0.4 is 24.2 Å². The van der Waals surface area contributed by atoms with Gasteiger partial charge in [0.1, 0.15) is 28.2 Å². The van der Waals surface area contributed by atoms with Crippen molar-refractivity contribution in [2.75, 3.05) is 26.6 Å². The van der Waals surface area contributed by atoms with E-state index in [0.29, 0.717) is 17.2 Å². The van der Waals surface area contributed by atoms with Crippen LogP contribution in [-0.2, 0) is 21.2 Å². The number of amides is 1. The summed E-state index contributed by atoms with van der Waals surface area (Å²) in [6, 6.07) is 17.1. The van der Waals surface area contributed by atoms with E-state index in [4.69, 9.17) is 25.8 Å². The Morgan fingerprint density at radius 3 is 2.24 bits per heavy atom. The highest BCUT2D eigenvalue weighted by Crippen LogP contribution is 2.30. The highest BCUT2D eigenvalue weighted by Gasteiger charge is 2.29. The zero-order chi connectivity index (χ0) is 24.7. The molecule has 0 aliphatic rings. The molecular weight excluding hydrogens is 480 g/mol. The van der Waals surface area contributed by atoms with E-state index in [9.17, 15) is 13.2 Å². The Kier molecular flexibility index (Phi) is 8.38. The molecule has 0 aliphatic heterocycles. The van der Waals surface area contributed by atoms with Gasteiger partial charge in [-0.05, 0) is 42.3 Å². The fraction of sp³-hybridized carbons (Fsp3) is 0.208. The minimum Gasteiger partial charge on any atom is -0.497 e. The van der Waals surface area contributed by atoms with Crippen molar-refractivity contribution in [3.63, 3.8) is 0 Å². The number of anilines is 1. The van der Waals surface area contributed by atoms with Crippen molar-refractivity contribution < 1.29 is 27.4 Å². The summed E-state index contributed by atoms with van der Waals surface area (Å²) in [5, 5.41) is 2.96. The van der Waals surface area contributed by atoms with E-state index in [2.05, 4.69) is 10.0 Å². The molecular formula is C24H25ClN2O6S. The van der Waals surface area contributed by atoms with E-state index in [1.54, 1.807) is 30.3 Å². The van der Waals surface area contributed by atoms with Crippen LogP contribution in [0.5, 0.6) is 17.2 Å². The minimum atomic E-state index is -4.19. The van der Waals surface area contributed by atoms with Crippen molar-refractivity contribution in [3.8, 4) is 17.2 Å². The molecule has 0 spiro atoms. The van der Waals surface area contributed by atoms with Gasteiger partial charge in [-0.3, -0.25) is 4.79 Å². The Hall–Kier alpha value is -3.27. The van der Waals surface area contributed by atoms with Gasteiger partial charge in [0.15, 0.2) is 0 Å². The SMILES string of the molecule is COc1ccc(OC)c(NC(=O)[C@@H](Cc2ccccc2)NS(=O)(=O)c2cc(Cl)ccc2OC)c1. The van der Waals surface area contributed by atoms with Crippen molar-refractivity contribution in [2.45, 2.75) is 17.4 Å². The predicted octanol–water partition coefficient (Wildman–Crippen LogP) is 3.89. The number of hydrogen-bond donors (Lipinski definition) is 2. The number of ether oxygens (including phenoxy) is 3. The van der Waals surface area contributed by atoms with Crippen molar-refractivity contribution in [1.82, 2.24) is 4.72 Å². The summed E-state index contributed by atoms with van der Waals surface area (Å²) in [5.41, 5.74) is 1.10. The molecule has 0 heterocycles. The molecule has 0 saturated heterocycles. The molecule has 34 heavy (non-hydrogen) atoms. The lowest BCUT2D eigenvalue weighted by Gasteiger charge is -2.20. The van der Waals surface area contributed by atoms with E-state index in [0.717, 1.165) is 5.56 Å². The average molecular weight is 505 g/mol. The van der Waals surface area contributed by atoms with Crippen molar-refractivity contribution in [2.24, 2.45) is 0 Å². The number of nitrogens with one attached hydrogen (secondary N) is 2. The molecule has 3 rings (SSSR count). The normalized spacial score (nSPS) is 12.0. The highest BCUT2D eigenvalue weighted by molar-refractivity contribution is 7.89. The Morgan fingerprint density at radius 2 is 1.59 bits per heavy atom. The molecule has 0 unspecified atom stereocenters. The number of hydrogen-bond acceptors (Lipinski definition) is 6. The second kappa shape index (κ2) is 11.2. The maximum atomic E-state index is 13.3. The van der Waals surface area contributed by atoms with Crippen LogP contribution in [0.2, 0.25) is 5.02 Å². The van der Waals surface area contributed by atoms with E-state index in [-0.39, 0.29) is 22.1 Å². The number of sulfonamides is 1. The van der Waals surface area contributed by atoms with Crippen LogP contribution in [0.4, 0.5) is 5.69 Å². The first-order valence-corrected chi connectivity index (χ1v) is 12.1. The second-order valence-electron chi connectivity index (χ2n) is 7.21. The van der Waals surface area contributed by atoms with Gasteiger partial charge in [0.25, 0.3) is 0 Å². The fourth-order valence-corrected chi connectivity index (χ4v) is 4.91. The Labute approximate surface area is 203 Å². The lowest BCUT2D eigenvalue weighted by Crippen LogP contribution is -2.45. The lowest BCUT2D eigenvalue weighted by atomic mass is 10.1. The Bertz CT molecular complexity index is 1250. The average Bonchev–Trinajstić information content (AvgIpc) is 2.84. The summed E-state index contributed by atoms with van der Waals surface area (Å²) in [5.74, 6) is 0.414. The summed E-state index contributed by atoms with van der Waals surface area (Å²) in [4.78, 5) is 13.1. The van der Waals surface area contributed by atoms with Gasteiger partial charge in [-0.2, -0.15) is 4.72 Å². The number of halogens is 1. The topological polar surface area (TPSA) is 103 Å². The Balaban J connectivity index is 1.96. The highest BCUT2D eigenvalue weighted by atomic mass is 35.5. The Morgan fingerprint density at radius 1 is 0.912 bits per heavy atom. The monoisotopic (exact) mass is 504 g/mol. The third-order valence-electron chi connectivity index (χ3n) is 4.98. The molecule has 2 N–H and O–H groups in total. The van der Waals surface area contributed by atoms with Crippen LogP contribution in [0.15, 0.2) is 71.6 Å². The van der Waals surface area contributed by atoms with Gasteiger partial charge in [-0.15, -0.1) is 0 Å². The molecule has 0 aliphatic carbocycles. The first-order chi connectivity index (χ1) is 16.3. The predicted molar refractivity (Wildman–Crippen MR) is 130 cm³/mol. The van der Waals surface area contributed by atoms with Crippen LogP contribution in [0.1, 0.15) is 5.56 Å². The van der Waals surface area contributed by atoms with Gasteiger partial charge < -0.3 is 19.5 Å². The minimum absolute atomic E-state index is 0.0983. The van der Waals surface area contributed by atoms with Gasteiger partial charge in [0.05, 0.1) is 27.0 Å². The standard InChI is InChI=1S/C24H25ClN2O6S/c1-31-18-10-12-21(32-2)19(15-18)26-24(28)20(13-16-7-5-4-6-8-16)27-34(29,30)23-14-17(25)9-11-22(23)33-3/h4-12,14-15,20,27H,13H2,1-3H3,(H,26,28)/t20-/m1/s1. The van der Waals surface area contributed by atoms with Gasteiger partial charge in [0, 0.05) is 11.1 Å². The molecule has 0 fully saturated rings. The lowest BCUT2D eigenvalue weighted by molar-refractivity contribution is -0.117. The third kappa shape index (κ3) is 6.19. The molecule has 0 bridgehead atoms. The number of rotatable bonds is 10. The van der Waals surface area contributed by atoms with E-state index in [1.165, 1.54) is 39.5 Å². The molecule has 8 nitrogen and oxygen atoms in total. The second-order valence-corrected chi connectivity index (χ2v) is 9.33. The molecule has 1 amide bonds.